The standard InChI is InChI=1S/C11H12BrN3OS/c1-15-11(13-8-14-15)17-6-5-16-10-4-2-3-9(12)7-10/h2-4,7-8H,5-6H2,1H3. The van der Waals surface area contributed by atoms with Crippen molar-refractivity contribution in [1.82, 2.24) is 14.8 Å². The average molecular weight is 314 g/mol. The third-order valence-electron chi connectivity index (χ3n) is 2.05. The first kappa shape index (κ1) is 12.4. The molecule has 0 atom stereocenters. The number of aryl methyl sites for hydroxylation is 1. The molecule has 17 heavy (non-hydrogen) atoms. The summed E-state index contributed by atoms with van der Waals surface area (Å²) < 4.78 is 8.39. The molecule has 0 spiro atoms. The van der Waals surface area contributed by atoms with Crippen LogP contribution in [0.2, 0.25) is 0 Å². The Kier molecular flexibility index (Phi) is 4.44. The molecular formula is C11H12BrN3OS. The van der Waals surface area contributed by atoms with E-state index in [1.807, 2.05) is 31.3 Å². The van der Waals surface area contributed by atoms with Crippen molar-refractivity contribution in [2.24, 2.45) is 7.05 Å². The van der Waals surface area contributed by atoms with Crippen LogP contribution in [0.15, 0.2) is 40.2 Å². The fourth-order valence-electron chi connectivity index (χ4n) is 1.27. The maximum atomic E-state index is 5.62. The minimum absolute atomic E-state index is 0.647. The number of rotatable bonds is 5. The highest BCUT2D eigenvalue weighted by atomic mass is 79.9. The lowest BCUT2D eigenvalue weighted by molar-refractivity contribution is 0.343. The van der Waals surface area contributed by atoms with Crippen LogP contribution in [0.3, 0.4) is 0 Å². The van der Waals surface area contributed by atoms with E-state index in [0.29, 0.717) is 6.61 Å². The van der Waals surface area contributed by atoms with Gasteiger partial charge in [-0.1, -0.05) is 33.8 Å². The predicted octanol–water partition coefficient (Wildman–Crippen LogP) is 2.75. The number of hydrogen-bond donors (Lipinski definition) is 0. The first-order chi connectivity index (χ1) is 8.25. The molecule has 2 rings (SSSR count). The van der Waals surface area contributed by atoms with E-state index in [-0.39, 0.29) is 0 Å². The summed E-state index contributed by atoms with van der Waals surface area (Å²) in [5, 5.41) is 4.91. The van der Waals surface area contributed by atoms with Gasteiger partial charge in [0.05, 0.1) is 6.61 Å². The monoisotopic (exact) mass is 313 g/mol. The van der Waals surface area contributed by atoms with Gasteiger partial charge in [0.25, 0.3) is 0 Å². The van der Waals surface area contributed by atoms with Gasteiger partial charge in [0, 0.05) is 17.3 Å². The fourth-order valence-corrected chi connectivity index (χ4v) is 2.35. The molecule has 1 heterocycles. The van der Waals surface area contributed by atoms with E-state index in [0.717, 1.165) is 21.1 Å². The van der Waals surface area contributed by atoms with Gasteiger partial charge < -0.3 is 4.74 Å². The fraction of sp³-hybridized carbons (Fsp3) is 0.273. The highest BCUT2D eigenvalue weighted by molar-refractivity contribution is 9.10. The number of hydrogen-bond acceptors (Lipinski definition) is 4. The second-order valence-corrected chi connectivity index (χ2v) is 5.30. The van der Waals surface area contributed by atoms with E-state index in [1.54, 1.807) is 22.8 Å². The second kappa shape index (κ2) is 6.07. The lowest BCUT2D eigenvalue weighted by Gasteiger charge is -2.05. The Bertz CT molecular complexity index is 489. The van der Waals surface area contributed by atoms with Crippen LogP contribution in [-0.2, 0) is 7.05 Å². The molecule has 0 unspecified atom stereocenters. The summed E-state index contributed by atoms with van der Waals surface area (Å²) in [6, 6.07) is 7.82. The zero-order valence-corrected chi connectivity index (χ0v) is 11.7. The Hall–Kier alpha value is -1.01. The van der Waals surface area contributed by atoms with E-state index in [9.17, 15) is 0 Å². The summed E-state index contributed by atoms with van der Waals surface area (Å²) in [5.41, 5.74) is 0. The largest absolute Gasteiger partial charge is 0.493 e. The molecule has 0 saturated carbocycles. The molecule has 0 aliphatic heterocycles. The van der Waals surface area contributed by atoms with Crippen molar-refractivity contribution in [2.75, 3.05) is 12.4 Å². The van der Waals surface area contributed by atoms with Crippen molar-refractivity contribution in [1.29, 1.82) is 0 Å². The van der Waals surface area contributed by atoms with Crippen molar-refractivity contribution in [3.63, 3.8) is 0 Å². The zero-order chi connectivity index (χ0) is 12.1. The average Bonchev–Trinajstić information content (AvgIpc) is 2.71. The molecule has 0 aliphatic carbocycles. The van der Waals surface area contributed by atoms with E-state index in [2.05, 4.69) is 26.0 Å². The molecule has 0 bridgehead atoms. The van der Waals surface area contributed by atoms with Crippen molar-refractivity contribution in [2.45, 2.75) is 5.16 Å². The lowest BCUT2D eigenvalue weighted by Crippen LogP contribution is -2.01. The third-order valence-corrected chi connectivity index (χ3v) is 3.54. The van der Waals surface area contributed by atoms with E-state index in [1.165, 1.54) is 0 Å². The van der Waals surface area contributed by atoms with Gasteiger partial charge in [-0.05, 0) is 18.2 Å². The van der Waals surface area contributed by atoms with Gasteiger partial charge in [0.1, 0.15) is 12.1 Å². The molecule has 2 aromatic rings. The number of benzene rings is 1. The summed E-state index contributed by atoms with van der Waals surface area (Å²) in [6.45, 7) is 0.647. The molecular weight excluding hydrogens is 302 g/mol. The summed E-state index contributed by atoms with van der Waals surface area (Å²) >= 11 is 5.04. The molecule has 0 radical (unpaired) electrons. The number of ether oxygens (including phenoxy) is 1. The molecule has 0 amide bonds. The second-order valence-electron chi connectivity index (χ2n) is 3.32. The van der Waals surface area contributed by atoms with Gasteiger partial charge in [-0.15, -0.1) is 0 Å². The van der Waals surface area contributed by atoms with Crippen LogP contribution in [-0.4, -0.2) is 27.1 Å². The van der Waals surface area contributed by atoms with Crippen molar-refractivity contribution in [3.05, 3.63) is 35.1 Å². The number of thioether (sulfide) groups is 1. The molecule has 0 N–H and O–H groups in total. The molecule has 0 aliphatic rings. The van der Waals surface area contributed by atoms with Gasteiger partial charge in [-0.3, -0.25) is 0 Å². The molecule has 0 saturated heterocycles. The van der Waals surface area contributed by atoms with Crippen LogP contribution in [0.25, 0.3) is 0 Å². The van der Waals surface area contributed by atoms with Gasteiger partial charge in [0.2, 0.25) is 0 Å². The topological polar surface area (TPSA) is 39.9 Å². The minimum atomic E-state index is 0.647. The first-order valence-electron chi connectivity index (χ1n) is 5.11. The molecule has 6 heteroatoms. The van der Waals surface area contributed by atoms with Crippen LogP contribution >= 0.6 is 27.7 Å². The van der Waals surface area contributed by atoms with Crippen LogP contribution in [0.4, 0.5) is 0 Å². The SMILES string of the molecule is Cn1ncnc1SCCOc1cccc(Br)c1. The Labute approximate surface area is 113 Å². The molecule has 4 nitrogen and oxygen atoms in total. The van der Waals surface area contributed by atoms with E-state index >= 15 is 0 Å². The van der Waals surface area contributed by atoms with Gasteiger partial charge in [-0.2, -0.15) is 5.10 Å². The number of aromatic nitrogens is 3. The normalized spacial score (nSPS) is 10.5. The number of nitrogens with zero attached hydrogens (tertiary/aromatic N) is 3. The summed E-state index contributed by atoms with van der Waals surface area (Å²) in [4.78, 5) is 4.13. The molecule has 1 aromatic carbocycles. The van der Waals surface area contributed by atoms with E-state index in [4.69, 9.17) is 4.74 Å². The molecule has 0 fully saturated rings. The summed E-state index contributed by atoms with van der Waals surface area (Å²) in [7, 11) is 1.88. The zero-order valence-electron chi connectivity index (χ0n) is 9.34. The van der Waals surface area contributed by atoms with E-state index < -0.39 is 0 Å². The van der Waals surface area contributed by atoms with Crippen molar-refractivity contribution >= 4 is 27.7 Å². The summed E-state index contributed by atoms with van der Waals surface area (Å²) in [5.74, 6) is 1.72. The Balaban J connectivity index is 1.75. The van der Waals surface area contributed by atoms with Gasteiger partial charge >= 0.3 is 0 Å². The third kappa shape index (κ3) is 3.74. The molecule has 90 valence electrons. The highest BCUT2D eigenvalue weighted by Gasteiger charge is 2.01. The maximum absolute atomic E-state index is 5.62. The Morgan fingerprint density at radius 3 is 3.06 bits per heavy atom. The highest BCUT2D eigenvalue weighted by Crippen LogP contribution is 2.18. The molecule has 1 aromatic heterocycles. The van der Waals surface area contributed by atoms with Gasteiger partial charge in [0.15, 0.2) is 5.16 Å². The van der Waals surface area contributed by atoms with Crippen LogP contribution in [0.5, 0.6) is 5.75 Å². The van der Waals surface area contributed by atoms with Crippen molar-refractivity contribution < 1.29 is 4.74 Å². The van der Waals surface area contributed by atoms with Crippen LogP contribution < -0.4 is 4.74 Å². The summed E-state index contributed by atoms with van der Waals surface area (Å²) in [6.07, 6.45) is 1.55. The quantitative estimate of drug-likeness (QED) is 0.628. The Morgan fingerprint density at radius 2 is 2.35 bits per heavy atom. The van der Waals surface area contributed by atoms with Crippen LogP contribution in [0, 0.1) is 0 Å². The van der Waals surface area contributed by atoms with Crippen molar-refractivity contribution in [3.8, 4) is 5.75 Å². The maximum Gasteiger partial charge on any atom is 0.185 e. The minimum Gasteiger partial charge on any atom is -0.493 e. The van der Waals surface area contributed by atoms with Crippen LogP contribution in [0.1, 0.15) is 0 Å². The lowest BCUT2D eigenvalue weighted by atomic mass is 10.3. The number of halogens is 1. The smallest absolute Gasteiger partial charge is 0.185 e. The predicted molar refractivity (Wildman–Crippen MR) is 71.4 cm³/mol. The Morgan fingerprint density at radius 1 is 1.47 bits per heavy atom. The first-order valence-corrected chi connectivity index (χ1v) is 6.89. The van der Waals surface area contributed by atoms with Gasteiger partial charge in [-0.25, -0.2) is 9.67 Å².